The number of carbonyl (C=O) groups excluding carboxylic acids is 2. The summed E-state index contributed by atoms with van der Waals surface area (Å²) in [5, 5.41) is 8.86. The molecule has 3 saturated heterocycles. The molecule has 0 aliphatic carbocycles. The highest BCUT2D eigenvalue weighted by atomic mass is 32.2. The number of likely N-dealkylation sites (tertiary alicyclic amines) is 3. The van der Waals surface area contributed by atoms with E-state index in [1.54, 1.807) is 6.07 Å². The lowest BCUT2D eigenvalue weighted by molar-refractivity contribution is -0.156. The smallest absolute Gasteiger partial charge is 0.492 e. The van der Waals surface area contributed by atoms with Crippen molar-refractivity contribution in [1.82, 2.24) is 14.7 Å². The molecule has 1 N–H and O–H groups in total. The number of halogens is 3. The lowest BCUT2D eigenvalue weighted by Crippen LogP contribution is -2.44. The number of rotatable bonds is 11. The molecule has 0 saturated carbocycles. The zero-order valence-corrected chi connectivity index (χ0v) is 52.5. The van der Waals surface area contributed by atoms with Gasteiger partial charge in [0.2, 0.25) is 0 Å². The van der Waals surface area contributed by atoms with Crippen molar-refractivity contribution in [2.45, 2.75) is 132 Å². The van der Waals surface area contributed by atoms with Crippen molar-refractivity contribution in [3.8, 4) is 46.7 Å². The summed E-state index contributed by atoms with van der Waals surface area (Å²) in [6, 6.07) is 36.7. The SMILES string of the molecule is CC(C)(C)OC(=O)CCN1CCC2(CC1)COc1cc(C#Cc3ccccc3)ccc12.CC(C)(C)OC(=O)CCN1CCC2(CC1)COc1cc(OS(=O)(=O)C(F)(F)F)ccc12.O=C(O)CCN1CCC2(CC1)COc1cc(C#Cc3ccccc3)ccc12. The molecule has 6 aliphatic rings. The van der Waals surface area contributed by atoms with Gasteiger partial charge in [0.15, 0.2) is 0 Å². The molecule has 0 radical (unpaired) electrons. The van der Waals surface area contributed by atoms with Crippen molar-refractivity contribution in [2.24, 2.45) is 0 Å². The fourth-order valence-corrected chi connectivity index (χ4v) is 12.7. The van der Waals surface area contributed by atoms with E-state index in [2.05, 4.69) is 79.0 Å². The van der Waals surface area contributed by atoms with Crippen molar-refractivity contribution < 1.29 is 68.9 Å². The second-order valence-electron chi connectivity index (χ2n) is 25.8. The van der Waals surface area contributed by atoms with Gasteiger partial charge in [-0.15, -0.1) is 0 Å². The van der Waals surface area contributed by atoms with Gasteiger partial charge < -0.3 is 47.7 Å². The van der Waals surface area contributed by atoms with E-state index in [9.17, 15) is 36.0 Å². The first-order valence-corrected chi connectivity index (χ1v) is 31.9. The minimum absolute atomic E-state index is 0.0699. The summed E-state index contributed by atoms with van der Waals surface area (Å²) in [4.78, 5) is 41.5. The number of carbonyl (C=O) groups is 3. The van der Waals surface area contributed by atoms with Crippen LogP contribution in [0.1, 0.15) is 138 Å². The Kier molecular flexibility index (Phi) is 20.5. The number of carboxylic acids is 1. The standard InChI is InChI=1S/C27H31NO3.C23H23NO3.C20H26F3NO6S/c1-26(2,3)31-25(29)13-16-28-17-14-27(15-18-28)20-30-24-19-22(11-12-23(24)27)10-9-21-7-5-4-6-8-21;25-22(26)10-13-24-14-11-23(12-15-24)17-27-21-16-19(8-9-20(21)23)7-6-18-4-2-1-3-5-18;1-18(2,3)29-17(25)6-9-24-10-7-19(8-11-24)13-28-16-12-14(4-5-15(16)19)30-31(26,27)20(21,22)23/h4-8,11-12,19H,13-18,20H2,1-3H3;1-5,8-9,16H,10-15,17H2,(H,25,26);4-5,12H,6-11,13H2,1-3H3. The summed E-state index contributed by atoms with van der Waals surface area (Å²) in [6.45, 7) is 20.2. The zero-order valence-electron chi connectivity index (χ0n) is 51.6. The van der Waals surface area contributed by atoms with Crippen LogP contribution in [-0.2, 0) is 50.2 Å². The van der Waals surface area contributed by atoms with E-state index < -0.39 is 38.5 Å². The molecule has 0 unspecified atom stereocenters. The second-order valence-corrected chi connectivity index (χ2v) is 27.4. The van der Waals surface area contributed by atoms with Gasteiger partial charge in [-0.3, -0.25) is 14.4 Å². The second kappa shape index (κ2) is 27.7. The molecule has 0 bridgehead atoms. The average Bonchev–Trinajstić information content (AvgIpc) is 1.74. The van der Waals surface area contributed by atoms with E-state index in [0.29, 0.717) is 44.9 Å². The Balaban J connectivity index is 0.000000159. The molecule has 11 rings (SSSR count). The lowest BCUT2D eigenvalue weighted by Gasteiger charge is -2.38. The van der Waals surface area contributed by atoms with Crippen molar-refractivity contribution in [3.63, 3.8) is 0 Å². The van der Waals surface area contributed by atoms with Crippen molar-refractivity contribution in [2.75, 3.05) is 78.7 Å². The molecule has 0 atom stereocenters. The molecule has 0 aromatic heterocycles. The van der Waals surface area contributed by atoms with Crippen LogP contribution in [0.3, 0.4) is 0 Å². The molecule has 3 fully saturated rings. The summed E-state index contributed by atoms with van der Waals surface area (Å²) in [5.41, 5.74) is 0.814. The monoisotopic (exact) mass is 1240 g/mol. The number of nitrogens with zero attached hydrogens (tertiary/aromatic N) is 3. The summed E-state index contributed by atoms with van der Waals surface area (Å²) in [5.74, 6) is 13.6. The molecule has 6 heterocycles. The van der Waals surface area contributed by atoms with Crippen LogP contribution in [0.25, 0.3) is 0 Å². The van der Waals surface area contributed by atoms with Crippen LogP contribution in [0, 0.1) is 23.7 Å². The molecule has 474 valence electrons. The molecule has 5 aromatic rings. The third kappa shape index (κ3) is 17.4. The highest BCUT2D eigenvalue weighted by Crippen LogP contribution is 2.49. The summed E-state index contributed by atoms with van der Waals surface area (Å²) in [7, 11) is -5.73. The number of fused-ring (bicyclic) bond motifs is 6. The lowest BCUT2D eigenvalue weighted by atomic mass is 9.74. The zero-order chi connectivity index (χ0) is 63.7. The van der Waals surface area contributed by atoms with E-state index in [1.807, 2.05) is 102 Å². The quantitative estimate of drug-likeness (QED) is 0.0573. The number of hydrogen-bond donors (Lipinski definition) is 1. The Morgan fingerprint density at radius 1 is 0.494 bits per heavy atom. The van der Waals surface area contributed by atoms with Crippen LogP contribution in [0.2, 0.25) is 0 Å². The van der Waals surface area contributed by atoms with Crippen LogP contribution in [0.4, 0.5) is 13.2 Å². The van der Waals surface area contributed by atoms with Crippen LogP contribution in [0.15, 0.2) is 115 Å². The fourth-order valence-electron chi connectivity index (χ4n) is 12.2. The number of ether oxygens (including phenoxy) is 5. The normalized spacial score (nSPS) is 18.0. The molecular formula is C70H80F3N3O12S. The first kappa shape index (κ1) is 65.9. The Labute approximate surface area is 521 Å². The molecule has 3 spiro atoms. The maximum atomic E-state index is 12.5. The summed E-state index contributed by atoms with van der Waals surface area (Å²) >= 11 is 0. The third-order valence-corrected chi connectivity index (χ3v) is 18.0. The highest BCUT2D eigenvalue weighted by molar-refractivity contribution is 7.88. The molecule has 19 heteroatoms. The van der Waals surface area contributed by atoms with E-state index in [1.165, 1.54) is 23.3 Å². The topological polar surface area (TPSA) is 171 Å². The third-order valence-electron chi connectivity index (χ3n) is 17.1. The number of alkyl halides is 3. The van der Waals surface area contributed by atoms with E-state index in [4.69, 9.17) is 28.8 Å². The molecule has 0 amide bonds. The van der Waals surface area contributed by atoms with Crippen LogP contribution < -0.4 is 18.4 Å². The minimum Gasteiger partial charge on any atom is -0.492 e. The number of hydrogen-bond acceptors (Lipinski definition) is 14. The van der Waals surface area contributed by atoms with Gasteiger partial charge in [0, 0.05) is 80.9 Å². The molecule has 89 heavy (non-hydrogen) atoms. The van der Waals surface area contributed by atoms with Crippen LogP contribution >= 0.6 is 0 Å². The van der Waals surface area contributed by atoms with E-state index in [0.717, 1.165) is 130 Å². The van der Waals surface area contributed by atoms with Gasteiger partial charge in [-0.1, -0.05) is 78.3 Å². The Morgan fingerprint density at radius 2 is 0.831 bits per heavy atom. The Bertz CT molecular complexity index is 3560. The van der Waals surface area contributed by atoms with Crippen molar-refractivity contribution in [1.29, 1.82) is 0 Å². The molecule has 6 aliphatic heterocycles. The predicted molar refractivity (Wildman–Crippen MR) is 331 cm³/mol. The van der Waals surface area contributed by atoms with Crippen LogP contribution in [-0.4, -0.2) is 142 Å². The molecule has 5 aromatic carbocycles. The van der Waals surface area contributed by atoms with Gasteiger partial charge in [0.05, 0.1) is 39.1 Å². The van der Waals surface area contributed by atoms with Gasteiger partial charge in [0.1, 0.15) is 34.2 Å². The van der Waals surface area contributed by atoms with E-state index >= 15 is 0 Å². The first-order chi connectivity index (χ1) is 42.2. The molecular weight excluding hydrogens is 1160 g/mol. The number of piperidine rings is 3. The number of carboxylic acid groups (broad SMARTS) is 1. The highest BCUT2D eigenvalue weighted by Gasteiger charge is 2.50. The Hall–Kier alpha value is -7.55. The van der Waals surface area contributed by atoms with Gasteiger partial charge in [-0.05, 0) is 174 Å². The summed E-state index contributed by atoms with van der Waals surface area (Å²) < 4.78 is 92.8. The Morgan fingerprint density at radius 3 is 1.18 bits per heavy atom. The maximum Gasteiger partial charge on any atom is 0.534 e. The van der Waals surface area contributed by atoms with Crippen molar-refractivity contribution in [3.05, 3.63) is 154 Å². The number of aliphatic carboxylic acids is 1. The first-order valence-electron chi connectivity index (χ1n) is 30.5. The van der Waals surface area contributed by atoms with Gasteiger partial charge in [-0.2, -0.15) is 21.6 Å². The number of benzene rings is 5. The summed E-state index contributed by atoms with van der Waals surface area (Å²) in [6.07, 6.45) is 6.55. The average molecular weight is 1240 g/mol. The number of esters is 2. The van der Waals surface area contributed by atoms with E-state index in [-0.39, 0.29) is 34.6 Å². The fraction of sp³-hybridized carbons (Fsp3) is 0.471. The maximum absolute atomic E-state index is 12.5. The van der Waals surface area contributed by atoms with Gasteiger partial charge in [0.25, 0.3) is 0 Å². The largest absolute Gasteiger partial charge is 0.534 e. The van der Waals surface area contributed by atoms with Gasteiger partial charge >= 0.3 is 33.5 Å². The predicted octanol–water partition coefficient (Wildman–Crippen LogP) is 11.2. The van der Waals surface area contributed by atoms with Crippen molar-refractivity contribution >= 4 is 28.0 Å². The minimum atomic E-state index is -5.73. The molecule has 15 nitrogen and oxygen atoms in total. The van der Waals surface area contributed by atoms with Crippen LogP contribution in [0.5, 0.6) is 23.0 Å². The van der Waals surface area contributed by atoms with Gasteiger partial charge in [-0.25, -0.2) is 0 Å².